The molecule has 0 saturated carbocycles. The lowest BCUT2D eigenvalue weighted by molar-refractivity contribution is -0.120. The number of methoxy groups -OCH3 is 2. The van der Waals surface area contributed by atoms with E-state index in [0.29, 0.717) is 19.4 Å². The minimum absolute atomic E-state index is 0.0186. The summed E-state index contributed by atoms with van der Waals surface area (Å²) in [5.41, 5.74) is 0.341. The van der Waals surface area contributed by atoms with Crippen molar-refractivity contribution in [3.63, 3.8) is 0 Å². The van der Waals surface area contributed by atoms with Crippen LogP contribution in [0.3, 0.4) is 0 Å². The Morgan fingerprint density at radius 3 is 2.12 bits per heavy atom. The third kappa shape index (κ3) is 5.79. The second-order valence-electron chi connectivity index (χ2n) is 7.43. The summed E-state index contributed by atoms with van der Waals surface area (Å²) >= 11 is 3.29. The van der Waals surface area contributed by atoms with E-state index in [1.54, 1.807) is 12.1 Å². The van der Waals surface area contributed by atoms with Crippen LogP contribution in [0.1, 0.15) is 33.6 Å². The van der Waals surface area contributed by atoms with E-state index in [4.69, 9.17) is 9.47 Å². The van der Waals surface area contributed by atoms with Crippen molar-refractivity contribution >= 4 is 49.5 Å². The molecule has 11 heteroatoms. The third-order valence-corrected chi connectivity index (χ3v) is 7.66. The quantitative estimate of drug-likeness (QED) is 0.561. The van der Waals surface area contributed by atoms with Crippen LogP contribution in [0.4, 0.5) is 5.69 Å². The maximum atomic E-state index is 13.0. The van der Waals surface area contributed by atoms with Gasteiger partial charge in [-0.05, 0) is 55.3 Å². The number of esters is 2. The van der Waals surface area contributed by atoms with Gasteiger partial charge in [0.25, 0.3) is 0 Å². The summed E-state index contributed by atoms with van der Waals surface area (Å²) < 4.78 is 37.5. The van der Waals surface area contributed by atoms with Crippen LogP contribution in [0.2, 0.25) is 0 Å². The minimum atomic E-state index is -3.75. The number of hydrogen-bond donors (Lipinski definition) is 1. The number of halogens is 1. The Morgan fingerprint density at radius 2 is 1.58 bits per heavy atom. The van der Waals surface area contributed by atoms with Crippen LogP contribution in [-0.2, 0) is 24.3 Å². The number of anilines is 1. The summed E-state index contributed by atoms with van der Waals surface area (Å²) in [6, 6.07) is 10.4. The second-order valence-corrected chi connectivity index (χ2v) is 10.3. The first-order chi connectivity index (χ1) is 15.6. The van der Waals surface area contributed by atoms with Crippen molar-refractivity contribution in [1.29, 1.82) is 0 Å². The summed E-state index contributed by atoms with van der Waals surface area (Å²) in [5.74, 6) is -2.38. The van der Waals surface area contributed by atoms with Crippen LogP contribution in [0.25, 0.3) is 0 Å². The molecule has 176 valence electrons. The predicted octanol–water partition coefficient (Wildman–Crippen LogP) is 3.06. The fourth-order valence-corrected chi connectivity index (χ4v) is 5.33. The van der Waals surface area contributed by atoms with Crippen LogP contribution in [0.5, 0.6) is 0 Å². The Morgan fingerprint density at radius 1 is 1.00 bits per heavy atom. The number of benzene rings is 2. The summed E-state index contributed by atoms with van der Waals surface area (Å²) in [6.45, 7) is 0.331. The molecule has 0 unspecified atom stereocenters. The molecule has 1 fully saturated rings. The smallest absolute Gasteiger partial charge is 0.337 e. The SMILES string of the molecule is COC(=O)c1cc(NC(=O)[C@H]2CCCN(S(=O)(=O)c3ccc(Br)cc3)C2)cc(C(=O)OC)c1. The molecule has 1 N–H and O–H groups in total. The molecule has 0 aromatic heterocycles. The minimum Gasteiger partial charge on any atom is -0.465 e. The molecule has 1 aliphatic rings. The molecule has 9 nitrogen and oxygen atoms in total. The third-order valence-electron chi connectivity index (χ3n) is 5.25. The van der Waals surface area contributed by atoms with Crippen LogP contribution in [0.15, 0.2) is 51.8 Å². The molecule has 0 aliphatic carbocycles. The molecule has 1 atom stereocenters. The zero-order valence-electron chi connectivity index (χ0n) is 18.0. The number of ether oxygens (including phenoxy) is 2. The fraction of sp³-hybridized carbons (Fsp3) is 0.318. The monoisotopic (exact) mass is 538 g/mol. The van der Waals surface area contributed by atoms with Gasteiger partial charge >= 0.3 is 11.9 Å². The molecule has 2 aromatic rings. The number of amides is 1. The van der Waals surface area contributed by atoms with Crippen molar-refractivity contribution in [1.82, 2.24) is 4.31 Å². The topological polar surface area (TPSA) is 119 Å². The van der Waals surface area contributed by atoms with Gasteiger partial charge in [0, 0.05) is 23.2 Å². The van der Waals surface area contributed by atoms with Gasteiger partial charge in [0.15, 0.2) is 0 Å². The van der Waals surface area contributed by atoms with Gasteiger partial charge in [0.1, 0.15) is 0 Å². The number of hydrogen-bond acceptors (Lipinski definition) is 7. The summed E-state index contributed by atoms with van der Waals surface area (Å²) in [4.78, 5) is 37.0. The highest BCUT2D eigenvalue weighted by molar-refractivity contribution is 9.10. The lowest BCUT2D eigenvalue weighted by Crippen LogP contribution is -2.43. The number of carbonyl (C=O) groups is 3. The summed E-state index contributed by atoms with van der Waals surface area (Å²) in [7, 11) is -1.35. The second kappa shape index (κ2) is 10.4. The fourth-order valence-electron chi connectivity index (χ4n) is 3.55. The molecule has 1 saturated heterocycles. The average Bonchev–Trinajstić information content (AvgIpc) is 2.83. The Balaban J connectivity index is 1.79. The van der Waals surface area contributed by atoms with Gasteiger partial charge in [-0.15, -0.1) is 0 Å². The number of rotatable bonds is 6. The molecule has 3 rings (SSSR count). The number of sulfonamides is 1. The van der Waals surface area contributed by atoms with Crippen molar-refractivity contribution in [2.45, 2.75) is 17.7 Å². The van der Waals surface area contributed by atoms with Crippen LogP contribution in [-0.4, -0.2) is 57.9 Å². The molecule has 0 spiro atoms. The molecule has 1 heterocycles. The molecule has 33 heavy (non-hydrogen) atoms. The van der Waals surface area contributed by atoms with E-state index < -0.39 is 33.8 Å². The maximum Gasteiger partial charge on any atom is 0.337 e. The lowest BCUT2D eigenvalue weighted by atomic mass is 9.98. The predicted molar refractivity (Wildman–Crippen MR) is 123 cm³/mol. The summed E-state index contributed by atoms with van der Waals surface area (Å²) in [6.07, 6.45) is 1.02. The molecular formula is C22H23BrN2O7S. The van der Waals surface area contributed by atoms with Gasteiger partial charge in [-0.25, -0.2) is 18.0 Å². The maximum absolute atomic E-state index is 13.0. The van der Waals surface area contributed by atoms with Gasteiger partial charge < -0.3 is 14.8 Å². The van der Waals surface area contributed by atoms with Crippen molar-refractivity contribution in [2.24, 2.45) is 5.92 Å². The highest BCUT2D eigenvalue weighted by atomic mass is 79.9. The van der Waals surface area contributed by atoms with Gasteiger partial charge in [-0.2, -0.15) is 4.31 Å². The van der Waals surface area contributed by atoms with Crippen molar-refractivity contribution in [3.05, 3.63) is 58.1 Å². The Hall–Kier alpha value is -2.76. The van der Waals surface area contributed by atoms with E-state index in [-0.39, 0.29) is 28.3 Å². The molecule has 0 radical (unpaired) electrons. The molecule has 2 aromatic carbocycles. The largest absolute Gasteiger partial charge is 0.465 e. The van der Waals surface area contributed by atoms with E-state index in [1.165, 1.54) is 48.9 Å². The number of carbonyl (C=O) groups excluding carboxylic acids is 3. The number of piperidine rings is 1. The van der Waals surface area contributed by atoms with Crippen LogP contribution >= 0.6 is 15.9 Å². The Kier molecular flexibility index (Phi) is 7.88. The van der Waals surface area contributed by atoms with E-state index in [9.17, 15) is 22.8 Å². The normalized spacial score (nSPS) is 16.6. The van der Waals surface area contributed by atoms with E-state index in [2.05, 4.69) is 21.2 Å². The molecule has 1 aliphatic heterocycles. The van der Waals surface area contributed by atoms with Gasteiger partial charge in [0.2, 0.25) is 15.9 Å². The average molecular weight is 539 g/mol. The molecule has 0 bridgehead atoms. The van der Waals surface area contributed by atoms with Crippen molar-refractivity contribution < 1.29 is 32.3 Å². The van der Waals surface area contributed by atoms with Crippen molar-refractivity contribution in [2.75, 3.05) is 32.6 Å². The van der Waals surface area contributed by atoms with Gasteiger partial charge in [-0.3, -0.25) is 4.79 Å². The van der Waals surface area contributed by atoms with Gasteiger partial charge in [-0.1, -0.05) is 15.9 Å². The Labute approximate surface area is 200 Å². The van der Waals surface area contributed by atoms with E-state index >= 15 is 0 Å². The van der Waals surface area contributed by atoms with Gasteiger partial charge in [0.05, 0.1) is 36.2 Å². The standard InChI is InChI=1S/C22H23BrN2O7S/c1-31-21(27)15-10-16(22(28)32-2)12-18(11-15)24-20(26)14-4-3-9-25(13-14)33(29,30)19-7-5-17(23)6-8-19/h5-8,10-12,14H,3-4,9,13H2,1-2H3,(H,24,26)/t14-/m0/s1. The Bertz CT molecular complexity index is 1130. The first kappa shape index (κ1) is 24.9. The first-order valence-corrected chi connectivity index (χ1v) is 12.3. The lowest BCUT2D eigenvalue weighted by Gasteiger charge is -2.31. The van der Waals surface area contributed by atoms with E-state index in [1.807, 2.05) is 0 Å². The zero-order valence-corrected chi connectivity index (χ0v) is 20.4. The molecular weight excluding hydrogens is 516 g/mol. The van der Waals surface area contributed by atoms with Crippen LogP contribution in [0, 0.1) is 5.92 Å². The number of nitrogens with one attached hydrogen (secondary N) is 1. The zero-order chi connectivity index (χ0) is 24.2. The van der Waals surface area contributed by atoms with Crippen LogP contribution < -0.4 is 5.32 Å². The molecule has 1 amide bonds. The van der Waals surface area contributed by atoms with E-state index in [0.717, 1.165) is 4.47 Å². The highest BCUT2D eigenvalue weighted by Crippen LogP contribution is 2.26. The first-order valence-electron chi connectivity index (χ1n) is 10.0. The number of nitrogens with zero attached hydrogens (tertiary/aromatic N) is 1. The highest BCUT2D eigenvalue weighted by Gasteiger charge is 2.33. The van der Waals surface area contributed by atoms with Crippen molar-refractivity contribution in [3.8, 4) is 0 Å². The summed E-state index contributed by atoms with van der Waals surface area (Å²) in [5, 5.41) is 2.69.